The van der Waals surface area contributed by atoms with Crippen LogP contribution in [0.2, 0.25) is 0 Å². The van der Waals surface area contributed by atoms with Crippen molar-refractivity contribution >= 4 is 16.9 Å². The van der Waals surface area contributed by atoms with Crippen molar-refractivity contribution in [1.29, 1.82) is 0 Å². The van der Waals surface area contributed by atoms with Gasteiger partial charge in [-0.1, -0.05) is 30.3 Å². The second-order valence-corrected chi connectivity index (χ2v) is 9.62. The largest absolute Gasteiger partial charge is 0.497 e. The number of hydrogen-bond donors (Lipinski definition) is 1. The van der Waals surface area contributed by atoms with Gasteiger partial charge in [-0.2, -0.15) is 0 Å². The molecule has 6 heteroatoms. The monoisotopic (exact) mass is 478 g/mol. The number of carboxylic acid groups (broad SMARTS) is 1. The third kappa shape index (κ3) is 6.79. The summed E-state index contributed by atoms with van der Waals surface area (Å²) in [5.41, 5.74) is 2.92. The van der Waals surface area contributed by atoms with E-state index in [1.165, 1.54) is 5.56 Å². The first-order valence-electron chi connectivity index (χ1n) is 12.6. The number of pyridine rings is 1. The standard InChI is InChI=1S/C29H35FN2O3/c1-35-25-10-11-28-26(19-25)22(12-15-31-28)9-5-8-21-13-16-32(20-24(21)18-29(33)34)17-14-27(30)23-6-3-2-4-7-23/h2-4,6-7,10-12,15,19,21,24,27H,5,8-9,13-14,16-18,20H2,1H3,(H,33,34)/t21-,24+,27?/m1/s1. The molecule has 0 saturated carbocycles. The Labute approximate surface area is 206 Å². The number of aromatic nitrogens is 1. The van der Waals surface area contributed by atoms with Crippen LogP contribution in [-0.4, -0.2) is 47.7 Å². The fourth-order valence-corrected chi connectivity index (χ4v) is 5.40. The summed E-state index contributed by atoms with van der Waals surface area (Å²) in [6.45, 7) is 2.29. The predicted molar refractivity (Wildman–Crippen MR) is 136 cm³/mol. The molecule has 1 unspecified atom stereocenters. The van der Waals surface area contributed by atoms with Crippen LogP contribution in [-0.2, 0) is 11.2 Å². The summed E-state index contributed by atoms with van der Waals surface area (Å²) >= 11 is 0. The highest BCUT2D eigenvalue weighted by atomic mass is 19.1. The van der Waals surface area contributed by atoms with Gasteiger partial charge in [-0.05, 0) is 85.9 Å². The van der Waals surface area contributed by atoms with Crippen LogP contribution in [0, 0.1) is 11.8 Å². The highest BCUT2D eigenvalue weighted by molar-refractivity contribution is 5.83. The number of aryl methyl sites for hydroxylation is 1. The first-order valence-corrected chi connectivity index (χ1v) is 12.6. The maximum absolute atomic E-state index is 14.6. The minimum absolute atomic E-state index is 0.102. The summed E-state index contributed by atoms with van der Waals surface area (Å²) in [7, 11) is 1.67. The molecule has 1 N–H and O–H groups in total. The Morgan fingerprint density at radius 3 is 2.80 bits per heavy atom. The van der Waals surface area contributed by atoms with E-state index in [0.29, 0.717) is 24.4 Å². The lowest BCUT2D eigenvalue weighted by Crippen LogP contribution is -2.42. The number of rotatable bonds is 11. The van der Waals surface area contributed by atoms with E-state index in [4.69, 9.17) is 4.74 Å². The molecule has 0 bridgehead atoms. The molecule has 2 aromatic carbocycles. The Hall–Kier alpha value is -2.99. The Kier molecular flexibility index (Phi) is 8.69. The van der Waals surface area contributed by atoms with Crippen LogP contribution in [0.3, 0.4) is 0 Å². The highest BCUT2D eigenvalue weighted by Gasteiger charge is 2.30. The summed E-state index contributed by atoms with van der Waals surface area (Å²) in [6.07, 6.45) is 5.36. The van der Waals surface area contributed by atoms with Crippen LogP contribution in [0.4, 0.5) is 4.39 Å². The number of benzene rings is 2. The van der Waals surface area contributed by atoms with Gasteiger partial charge in [-0.25, -0.2) is 4.39 Å². The topological polar surface area (TPSA) is 62.7 Å². The van der Waals surface area contributed by atoms with E-state index in [1.54, 1.807) is 7.11 Å². The number of aliphatic carboxylic acids is 1. The van der Waals surface area contributed by atoms with Crippen molar-refractivity contribution < 1.29 is 19.0 Å². The SMILES string of the molecule is COc1ccc2nccc(CCC[C@@H]3CCN(CCC(F)c4ccccc4)C[C@@H]3CC(=O)O)c2c1. The Balaban J connectivity index is 1.32. The molecule has 1 aliphatic heterocycles. The summed E-state index contributed by atoms with van der Waals surface area (Å²) in [5.74, 6) is 0.552. The number of carbonyl (C=O) groups is 1. The summed E-state index contributed by atoms with van der Waals surface area (Å²) in [6, 6.07) is 17.3. The fourth-order valence-electron chi connectivity index (χ4n) is 5.40. The van der Waals surface area contributed by atoms with E-state index in [0.717, 1.165) is 55.4 Å². The van der Waals surface area contributed by atoms with E-state index in [2.05, 4.69) is 16.0 Å². The summed E-state index contributed by atoms with van der Waals surface area (Å²) < 4.78 is 20.0. The van der Waals surface area contributed by atoms with Gasteiger partial charge < -0.3 is 14.7 Å². The zero-order valence-corrected chi connectivity index (χ0v) is 20.4. The maximum atomic E-state index is 14.6. The number of ether oxygens (including phenoxy) is 1. The van der Waals surface area contributed by atoms with Crippen molar-refractivity contribution in [3.05, 3.63) is 71.9 Å². The van der Waals surface area contributed by atoms with E-state index < -0.39 is 12.1 Å². The third-order valence-electron chi connectivity index (χ3n) is 7.33. The molecular formula is C29H35FN2O3. The van der Waals surface area contributed by atoms with E-state index in [-0.39, 0.29) is 12.3 Å². The quantitative estimate of drug-likeness (QED) is 0.362. The van der Waals surface area contributed by atoms with E-state index in [1.807, 2.05) is 54.7 Å². The minimum atomic E-state index is -0.986. The molecule has 1 fully saturated rings. The van der Waals surface area contributed by atoms with Crippen LogP contribution in [0.5, 0.6) is 5.75 Å². The Bertz CT molecular complexity index is 1110. The van der Waals surface area contributed by atoms with Crippen LogP contribution < -0.4 is 4.74 Å². The molecule has 1 aromatic heterocycles. The van der Waals surface area contributed by atoms with Crippen molar-refractivity contribution in [3.8, 4) is 5.75 Å². The van der Waals surface area contributed by atoms with Gasteiger partial charge in [0.25, 0.3) is 0 Å². The lowest BCUT2D eigenvalue weighted by Gasteiger charge is -2.38. The number of halogens is 1. The first kappa shape index (κ1) is 25.1. The molecule has 4 rings (SSSR count). The van der Waals surface area contributed by atoms with E-state index >= 15 is 0 Å². The van der Waals surface area contributed by atoms with Crippen molar-refractivity contribution in [3.63, 3.8) is 0 Å². The number of nitrogens with zero attached hydrogens (tertiary/aromatic N) is 2. The maximum Gasteiger partial charge on any atom is 0.303 e. The number of piperidine rings is 1. The van der Waals surface area contributed by atoms with Gasteiger partial charge in [-0.3, -0.25) is 9.78 Å². The average molecular weight is 479 g/mol. The molecule has 3 atom stereocenters. The molecule has 3 aromatic rings. The lowest BCUT2D eigenvalue weighted by molar-refractivity contribution is -0.139. The van der Waals surface area contributed by atoms with Gasteiger partial charge in [0.15, 0.2) is 0 Å². The van der Waals surface area contributed by atoms with Gasteiger partial charge in [0.2, 0.25) is 0 Å². The van der Waals surface area contributed by atoms with Crippen LogP contribution in [0.15, 0.2) is 60.8 Å². The van der Waals surface area contributed by atoms with Gasteiger partial charge >= 0.3 is 5.97 Å². The molecule has 0 radical (unpaired) electrons. The Morgan fingerprint density at radius 2 is 2.03 bits per heavy atom. The van der Waals surface area contributed by atoms with Crippen LogP contribution in [0.25, 0.3) is 10.9 Å². The minimum Gasteiger partial charge on any atom is -0.497 e. The summed E-state index contributed by atoms with van der Waals surface area (Å²) in [4.78, 5) is 18.3. The second kappa shape index (κ2) is 12.1. The molecule has 0 spiro atoms. The number of fused-ring (bicyclic) bond motifs is 1. The van der Waals surface area contributed by atoms with Gasteiger partial charge in [-0.15, -0.1) is 0 Å². The number of carboxylic acids is 1. The van der Waals surface area contributed by atoms with Gasteiger partial charge in [0, 0.05) is 31.1 Å². The predicted octanol–water partition coefficient (Wildman–Crippen LogP) is 6.08. The van der Waals surface area contributed by atoms with Gasteiger partial charge in [0.1, 0.15) is 11.9 Å². The smallest absolute Gasteiger partial charge is 0.303 e. The molecule has 35 heavy (non-hydrogen) atoms. The molecule has 1 saturated heterocycles. The first-order chi connectivity index (χ1) is 17.0. The molecular weight excluding hydrogens is 443 g/mol. The van der Waals surface area contributed by atoms with Crippen molar-refractivity contribution in [2.75, 3.05) is 26.7 Å². The fraction of sp³-hybridized carbons (Fsp3) is 0.448. The van der Waals surface area contributed by atoms with Crippen LogP contribution >= 0.6 is 0 Å². The van der Waals surface area contributed by atoms with Gasteiger partial charge in [0.05, 0.1) is 12.6 Å². The second-order valence-electron chi connectivity index (χ2n) is 9.62. The number of likely N-dealkylation sites (tertiary alicyclic amines) is 1. The number of alkyl halides is 1. The molecule has 1 aliphatic rings. The zero-order valence-electron chi connectivity index (χ0n) is 20.4. The third-order valence-corrected chi connectivity index (χ3v) is 7.33. The number of hydrogen-bond acceptors (Lipinski definition) is 4. The molecule has 0 aliphatic carbocycles. The Morgan fingerprint density at radius 1 is 1.20 bits per heavy atom. The van der Waals surface area contributed by atoms with Crippen LogP contribution in [0.1, 0.15) is 49.4 Å². The molecule has 0 amide bonds. The normalized spacial score (nSPS) is 19.5. The van der Waals surface area contributed by atoms with Crippen molar-refractivity contribution in [2.24, 2.45) is 11.8 Å². The molecule has 5 nitrogen and oxygen atoms in total. The zero-order chi connectivity index (χ0) is 24.6. The lowest BCUT2D eigenvalue weighted by atomic mass is 9.79. The number of methoxy groups -OCH3 is 1. The highest BCUT2D eigenvalue weighted by Crippen LogP contribution is 2.32. The molecule has 186 valence electrons. The molecule has 2 heterocycles. The van der Waals surface area contributed by atoms with Crippen molar-refractivity contribution in [2.45, 2.75) is 44.7 Å². The van der Waals surface area contributed by atoms with E-state index in [9.17, 15) is 14.3 Å². The van der Waals surface area contributed by atoms with Crippen molar-refractivity contribution in [1.82, 2.24) is 9.88 Å². The summed E-state index contributed by atoms with van der Waals surface area (Å²) in [5, 5.41) is 10.6. The average Bonchev–Trinajstić information content (AvgIpc) is 2.88.